The zero-order valence-corrected chi connectivity index (χ0v) is 44.3. The summed E-state index contributed by atoms with van der Waals surface area (Å²) in [6.07, 6.45) is 78.9. The Labute approximate surface area is 424 Å². The van der Waals surface area contributed by atoms with E-state index in [1.807, 2.05) is 6.08 Å². The second-order valence-electron chi connectivity index (χ2n) is 17.7. The minimum absolute atomic E-state index is 0.0865. The topological polar surface area (TPSA) is 78.9 Å². The van der Waals surface area contributed by atoms with Gasteiger partial charge in [0.05, 0.1) is 6.42 Å². The Morgan fingerprint density at radius 2 is 0.609 bits per heavy atom. The van der Waals surface area contributed by atoms with Crippen molar-refractivity contribution in [1.82, 2.24) is 0 Å². The molecule has 0 rings (SSSR count). The molecular formula is C63H100O6. The molecule has 0 aliphatic rings. The molecule has 0 aromatic carbocycles. The summed E-state index contributed by atoms with van der Waals surface area (Å²) in [5.41, 5.74) is 0. The first-order valence-corrected chi connectivity index (χ1v) is 27.7. The highest BCUT2D eigenvalue weighted by molar-refractivity contribution is 5.72. The molecule has 0 saturated carbocycles. The van der Waals surface area contributed by atoms with E-state index in [9.17, 15) is 14.4 Å². The lowest BCUT2D eigenvalue weighted by atomic mass is 10.1. The van der Waals surface area contributed by atoms with Gasteiger partial charge in [0.25, 0.3) is 0 Å². The van der Waals surface area contributed by atoms with E-state index >= 15 is 0 Å². The second kappa shape index (κ2) is 56.1. The Kier molecular flexibility index (Phi) is 52.5. The van der Waals surface area contributed by atoms with Crippen molar-refractivity contribution in [3.63, 3.8) is 0 Å². The molecule has 0 N–H and O–H groups in total. The molecule has 0 saturated heterocycles. The standard InChI is InChI=1S/C63H100O6/c1-4-7-10-13-16-19-22-25-28-29-30-31-32-33-36-38-41-44-47-50-53-56-62(65)68-59-60(69-63(66)57-54-51-48-45-42-39-35-27-24-21-18-15-12-9-6-3)58-67-61(64)55-52-49-46-43-40-37-34-26-23-20-17-14-11-8-5-2/h7,9-10,12,16-21,25-28,30-31,34-35,42,45,51,54,60H,4-6,8,11,13-15,22-24,29,32-33,36-41,43-44,46-50,52-53,55-59H2,1-3H3/b10-7-,12-9-,19-16-,20-17-,21-18-,28-25-,31-30-,34-26-,35-27-,45-42-,54-51-. The molecule has 0 amide bonds. The number of esters is 3. The van der Waals surface area contributed by atoms with E-state index in [0.717, 1.165) is 122 Å². The fourth-order valence-corrected chi connectivity index (χ4v) is 7.07. The Morgan fingerprint density at radius 1 is 0.319 bits per heavy atom. The summed E-state index contributed by atoms with van der Waals surface area (Å²) >= 11 is 0. The third-order valence-corrected chi connectivity index (χ3v) is 11.2. The highest BCUT2D eigenvalue weighted by Crippen LogP contribution is 2.13. The Bertz CT molecular complexity index is 1510. The maximum absolute atomic E-state index is 12.8. The van der Waals surface area contributed by atoms with Crippen LogP contribution in [0.1, 0.15) is 226 Å². The Balaban J connectivity index is 4.52. The van der Waals surface area contributed by atoms with Gasteiger partial charge in [0.1, 0.15) is 13.2 Å². The quantitative estimate of drug-likeness (QED) is 0.0262. The maximum atomic E-state index is 12.8. The predicted molar refractivity (Wildman–Crippen MR) is 297 cm³/mol. The van der Waals surface area contributed by atoms with Gasteiger partial charge >= 0.3 is 17.9 Å². The van der Waals surface area contributed by atoms with Crippen molar-refractivity contribution in [1.29, 1.82) is 0 Å². The van der Waals surface area contributed by atoms with Gasteiger partial charge in [-0.05, 0) is 116 Å². The summed E-state index contributed by atoms with van der Waals surface area (Å²) in [6.45, 7) is 6.27. The van der Waals surface area contributed by atoms with Crippen LogP contribution in [0.2, 0.25) is 0 Å². The van der Waals surface area contributed by atoms with Crippen LogP contribution in [0.15, 0.2) is 134 Å². The van der Waals surface area contributed by atoms with Gasteiger partial charge in [0, 0.05) is 12.8 Å². The van der Waals surface area contributed by atoms with E-state index in [-0.39, 0.29) is 31.6 Å². The van der Waals surface area contributed by atoms with Gasteiger partial charge in [-0.3, -0.25) is 14.4 Å². The van der Waals surface area contributed by atoms with Crippen LogP contribution >= 0.6 is 0 Å². The first-order chi connectivity index (χ1) is 34.0. The van der Waals surface area contributed by atoms with E-state index < -0.39 is 12.1 Å². The summed E-state index contributed by atoms with van der Waals surface area (Å²) in [5.74, 6) is -1.09. The van der Waals surface area contributed by atoms with Gasteiger partial charge in [-0.25, -0.2) is 0 Å². The number of ether oxygens (including phenoxy) is 3. The molecule has 0 aliphatic heterocycles. The van der Waals surface area contributed by atoms with Gasteiger partial charge in [0.2, 0.25) is 0 Å². The predicted octanol–water partition coefficient (Wildman–Crippen LogP) is 18.6. The normalized spacial score (nSPS) is 13.1. The average Bonchev–Trinajstić information content (AvgIpc) is 3.35. The van der Waals surface area contributed by atoms with Crippen molar-refractivity contribution in [2.75, 3.05) is 13.2 Å². The first-order valence-electron chi connectivity index (χ1n) is 27.7. The fraction of sp³-hybridized carbons (Fsp3) is 0.603. The van der Waals surface area contributed by atoms with E-state index in [1.165, 1.54) is 57.8 Å². The fourth-order valence-electron chi connectivity index (χ4n) is 7.07. The van der Waals surface area contributed by atoms with Gasteiger partial charge in [-0.2, -0.15) is 0 Å². The van der Waals surface area contributed by atoms with Crippen LogP contribution in [0.3, 0.4) is 0 Å². The smallest absolute Gasteiger partial charge is 0.310 e. The number of hydrogen-bond acceptors (Lipinski definition) is 6. The van der Waals surface area contributed by atoms with Crippen molar-refractivity contribution in [3.8, 4) is 0 Å². The van der Waals surface area contributed by atoms with E-state index in [0.29, 0.717) is 19.3 Å². The zero-order chi connectivity index (χ0) is 50.0. The van der Waals surface area contributed by atoms with Gasteiger partial charge < -0.3 is 14.2 Å². The zero-order valence-electron chi connectivity index (χ0n) is 44.3. The Morgan fingerprint density at radius 3 is 0.957 bits per heavy atom. The molecule has 0 fully saturated rings. The van der Waals surface area contributed by atoms with Crippen LogP contribution in [0.25, 0.3) is 0 Å². The summed E-state index contributed by atoms with van der Waals surface area (Å²) in [6, 6.07) is 0. The van der Waals surface area contributed by atoms with E-state index in [2.05, 4.69) is 142 Å². The second-order valence-corrected chi connectivity index (χ2v) is 17.7. The van der Waals surface area contributed by atoms with Crippen molar-refractivity contribution < 1.29 is 28.6 Å². The van der Waals surface area contributed by atoms with Crippen molar-refractivity contribution in [2.24, 2.45) is 0 Å². The third-order valence-electron chi connectivity index (χ3n) is 11.2. The molecule has 6 heteroatoms. The van der Waals surface area contributed by atoms with Crippen LogP contribution in [0, 0.1) is 0 Å². The minimum atomic E-state index is -0.847. The highest BCUT2D eigenvalue weighted by Gasteiger charge is 2.19. The molecule has 1 atom stereocenters. The molecule has 0 aliphatic carbocycles. The van der Waals surface area contributed by atoms with Gasteiger partial charge in [-0.15, -0.1) is 0 Å². The molecular weight excluding hydrogens is 853 g/mol. The van der Waals surface area contributed by atoms with Crippen molar-refractivity contribution in [3.05, 3.63) is 134 Å². The molecule has 0 bridgehead atoms. The van der Waals surface area contributed by atoms with E-state index in [4.69, 9.17) is 14.2 Å². The van der Waals surface area contributed by atoms with Gasteiger partial charge in [0.15, 0.2) is 6.10 Å². The molecule has 6 nitrogen and oxygen atoms in total. The van der Waals surface area contributed by atoms with E-state index in [1.54, 1.807) is 6.08 Å². The molecule has 0 radical (unpaired) electrons. The number of unbranched alkanes of at least 4 members (excludes halogenated alkanes) is 16. The Hall–Kier alpha value is -4.45. The number of allylic oxidation sites excluding steroid dienone is 21. The van der Waals surface area contributed by atoms with Crippen LogP contribution in [-0.2, 0) is 28.6 Å². The molecule has 0 spiro atoms. The third kappa shape index (κ3) is 54.4. The monoisotopic (exact) mass is 953 g/mol. The van der Waals surface area contributed by atoms with Crippen LogP contribution in [0.5, 0.6) is 0 Å². The van der Waals surface area contributed by atoms with Gasteiger partial charge in [-0.1, -0.05) is 225 Å². The summed E-state index contributed by atoms with van der Waals surface area (Å²) in [4.78, 5) is 38.0. The average molecular weight is 953 g/mol. The molecule has 69 heavy (non-hydrogen) atoms. The van der Waals surface area contributed by atoms with Crippen molar-refractivity contribution in [2.45, 2.75) is 232 Å². The minimum Gasteiger partial charge on any atom is -0.462 e. The first kappa shape index (κ1) is 64.5. The summed E-state index contributed by atoms with van der Waals surface area (Å²) < 4.78 is 16.7. The summed E-state index contributed by atoms with van der Waals surface area (Å²) in [7, 11) is 0. The molecule has 0 heterocycles. The highest BCUT2D eigenvalue weighted by atomic mass is 16.6. The van der Waals surface area contributed by atoms with Crippen molar-refractivity contribution >= 4 is 17.9 Å². The summed E-state index contributed by atoms with van der Waals surface area (Å²) in [5, 5.41) is 0. The van der Waals surface area contributed by atoms with Crippen LogP contribution < -0.4 is 0 Å². The number of carbonyl (C=O) groups is 3. The number of hydrogen-bond donors (Lipinski definition) is 0. The molecule has 0 aromatic heterocycles. The number of carbonyl (C=O) groups excluding carboxylic acids is 3. The lowest BCUT2D eigenvalue weighted by Crippen LogP contribution is -2.30. The number of rotatable bonds is 48. The lowest BCUT2D eigenvalue weighted by Gasteiger charge is -2.18. The molecule has 0 aromatic rings. The van der Waals surface area contributed by atoms with Crippen LogP contribution in [-0.4, -0.2) is 37.2 Å². The lowest BCUT2D eigenvalue weighted by molar-refractivity contribution is -0.166. The SMILES string of the molecule is CC/C=C\C/C=C\C/C=C\C/C=C\C/C=C\CC(=O)OC(COC(=O)CCCCCCC/C=C\C/C=C\CCCCC)COC(=O)CCCCCCCCCC/C=C\C/C=C\C/C=C\C/C=C\CC. The maximum Gasteiger partial charge on any atom is 0.310 e. The largest absolute Gasteiger partial charge is 0.462 e. The van der Waals surface area contributed by atoms with Crippen LogP contribution in [0.4, 0.5) is 0 Å². The molecule has 1 unspecified atom stereocenters. The molecule has 388 valence electrons.